The van der Waals surface area contributed by atoms with Crippen molar-refractivity contribution < 1.29 is 39.9 Å². The fourth-order valence-electron chi connectivity index (χ4n) is 3.68. The van der Waals surface area contributed by atoms with E-state index >= 15 is 0 Å². The van der Waals surface area contributed by atoms with Gasteiger partial charge in [-0.1, -0.05) is 0 Å². The van der Waals surface area contributed by atoms with Crippen molar-refractivity contribution in [1.82, 2.24) is 24.4 Å². The maximum atomic E-state index is 13.9. The van der Waals surface area contributed by atoms with Gasteiger partial charge in [0, 0.05) is 29.5 Å². The van der Waals surface area contributed by atoms with E-state index in [0.29, 0.717) is 10.6 Å². The van der Waals surface area contributed by atoms with Gasteiger partial charge in [0.15, 0.2) is 34.5 Å². The second kappa shape index (κ2) is 9.49. The van der Waals surface area contributed by atoms with Gasteiger partial charge in [-0.3, -0.25) is 9.48 Å². The quantitative estimate of drug-likeness (QED) is 0.175. The Kier molecular flexibility index (Phi) is 6.28. The Balaban J connectivity index is 1.42. The molecule has 0 atom stereocenters. The maximum absolute atomic E-state index is 13.9. The number of aromatic nitrogens is 5. The first-order valence-electron chi connectivity index (χ1n) is 10.8. The summed E-state index contributed by atoms with van der Waals surface area (Å²) in [5, 5.41) is 9.79. The number of hydrogen-bond donors (Lipinski definition) is 1. The first kappa shape index (κ1) is 25.8. The van der Waals surface area contributed by atoms with Crippen LogP contribution >= 0.6 is 0 Å². The molecule has 1 N–H and O–H groups in total. The molecule has 0 fully saturated rings. The molecule has 0 aliphatic rings. The molecule has 3 heterocycles. The number of benzene rings is 2. The van der Waals surface area contributed by atoms with Crippen LogP contribution in [0.5, 0.6) is 0 Å². The van der Waals surface area contributed by atoms with E-state index in [-0.39, 0.29) is 28.7 Å². The third-order valence-electron chi connectivity index (χ3n) is 5.51. The highest BCUT2D eigenvalue weighted by Gasteiger charge is 2.35. The molecule has 3 aromatic heterocycles. The van der Waals surface area contributed by atoms with E-state index < -0.39 is 64.7 Å². The molecule has 15 heteroatoms. The van der Waals surface area contributed by atoms with Gasteiger partial charge in [-0.15, -0.1) is 0 Å². The summed E-state index contributed by atoms with van der Waals surface area (Å²) in [7, 11) is 0. The molecular formula is C24H12F8N6O. The predicted octanol–water partition coefficient (Wildman–Crippen LogP) is 5.61. The van der Waals surface area contributed by atoms with Crippen LogP contribution in [0.25, 0.3) is 16.9 Å². The van der Waals surface area contributed by atoms with Crippen LogP contribution in [0.3, 0.4) is 0 Å². The largest absolute Gasteiger partial charge is 0.433 e. The zero-order valence-electron chi connectivity index (χ0n) is 19.1. The van der Waals surface area contributed by atoms with Gasteiger partial charge in [-0.25, -0.2) is 31.5 Å². The van der Waals surface area contributed by atoms with E-state index in [2.05, 4.69) is 20.5 Å². The number of alkyl halides is 3. The molecule has 39 heavy (non-hydrogen) atoms. The molecule has 0 bridgehead atoms. The van der Waals surface area contributed by atoms with Crippen molar-refractivity contribution in [3.63, 3.8) is 0 Å². The average Bonchev–Trinajstić information content (AvgIpc) is 3.51. The molecule has 0 aliphatic heterocycles. The van der Waals surface area contributed by atoms with Crippen LogP contribution in [0, 0.1) is 29.1 Å². The third kappa shape index (κ3) is 5.02. The predicted molar refractivity (Wildman–Crippen MR) is 119 cm³/mol. The molecule has 0 radical (unpaired) electrons. The van der Waals surface area contributed by atoms with Gasteiger partial charge in [0.25, 0.3) is 5.91 Å². The monoisotopic (exact) mass is 552 g/mol. The van der Waals surface area contributed by atoms with Crippen LogP contribution in [0.4, 0.5) is 40.8 Å². The summed E-state index contributed by atoms with van der Waals surface area (Å²) in [5.74, 6) is -8.24. The van der Waals surface area contributed by atoms with Gasteiger partial charge in [0.05, 0.1) is 24.1 Å². The Morgan fingerprint density at radius 1 is 0.923 bits per heavy atom. The number of halogens is 8. The lowest BCUT2D eigenvalue weighted by Crippen LogP contribution is -2.15. The zero-order chi connectivity index (χ0) is 28.1. The number of nitrogens with one attached hydrogen (secondary N) is 1. The lowest BCUT2D eigenvalue weighted by atomic mass is 10.1. The van der Waals surface area contributed by atoms with Crippen molar-refractivity contribution >= 4 is 17.2 Å². The van der Waals surface area contributed by atoms with Crippen molar-refractivity contribution in [3.8, 4) is 11.3 Å². The second-order valence-corrected chi connectivity index (χ2v) is 8.16. The van der Waals surface area contributed by atoms with Crippen LogP contribution in [0.15, 0.2) is 54.9 Å². The Morgan fingerprint density at radius 3 is 2.33 bits per heavy atom. The van der Waals surface area contributed by atoms with Crippen molar-refractivity contribution in [2.45, 2.75) is 12.7 Å². The Hall–Kier alpha value is -4.82. The lowest BCUT2D eigenvalue weighted by Gasteiger charge is -2.11. The lowest BCUT2D eigenvalue weighted by molar-refractivity contribution is -0.142. The summed E-state index contributed by atoms with van der Waals surface area (Å²) in [6.45, 7) is -0.663. The van der Waals surface area contributed by atoms with E-state index in [9.17, 15) is 39.9 Å². The molecule has 0 aliphatic carbocycles. The number of nitrogens with zero attached hydrogens (tertiary/aromatic N) is 5. The number of rotatable bonds is 5. The van der Waals surface area contributed by atoms with E-state index in [4.69, 9.17) is 0 Å². The number of carbonyl (C=O) groups excluding carboxylic acids is 1. The maximum Gasteiger partial charge on any atom is 0.433 e. The fourth-order valence-corrected chi connectivity index (χ4v) is 3.68. The van der Waals surface area contributed by atoms with Crippen LogP contribution in [0.2, 0.25) is 0 Å². The molecule has 0 saturated heterocycles. The van der Waals surface area contributed by atoms with Crippen LogP contribution in [-0.2, 0) is 12.7 Å². The standard InChI is InChI=1S/C24H12F8N6O/c25-12-3-1-11(2-4-12)17-6-19(24(30,31)32)38-20(35-17)7-18(36-38)23(39)34-13-8-33-37(9-13)10-14-15(26)5-16(27)22(29)21(14)28/h1-9H,10H2,(H,34,39). The highest BCUT2D eigenvalue weighted by molar-refractivity contribution is 6.03. The van der Waals surface area contributed by atoms with E-state index in [1.807, 2.05) is 0 Å². The number of carbonyl (C=O) groups is 1. The molecule has 1 amide bonds. The summed E-state index contributed by atoms with van der Waals surface area (Å²) >= 11 is 0. The molecule has 7 nitrogen and oxygen atoms in total. The molecule has 5 rings (SSSR count). The highest BCUT2D eigenvalue weighted by Crippen LogP contribution is 2.32. The summed E-state index contributed by atoms with van der Waals surface area (Å²) in [6.07, 6.45) is -2.74. The van der Waals surface area contributed by atoms with E-state index in [1.54, 1.807) is 0 Å². The molecule has 5 aromatic rings. The van der Waals surface area contributed by atoms with Gasteiger partial charge in [-0.2, -0.15) is 23.4 Å². The van der Waals surface area contributed by atoms with Crippen LogP contribution in [0.1, 0.15) is 21.7 Å². The summed E-state index contributed by atoms with van der Waals surface area (Å²) in [5.41, 5.74) is -2.84. The summed E-state index contributed by atoms with van der Waals surface area (Å²) in [4.78, 5) is 16.8. The topological polar surface area (TPSA) is 77.1 Å². The number of fused-ring (bicyclic) bond motifs is 1. The number of anilines is 1. The van der Waals surface area contributed by atoms with E-state index in [1.165, 1.54) is 12.1 Å². The van der Waals surface area contributed by atoms with Crippen molar-refractivity contribution in [2.24, 2.45) is 0 Å². The van der Waals surface area contributed by atoms with Crippen LogP contribution < -0.4 is 5.32 Å². The van der Waals surface area contributed by atoms with Crippen molar-refractivity contribution in [3.05, 3.63) is 101 Å². The van der Waals surface area contributed by atoms with Gasteiger partial charge in [0.2, 0.25) is 0 Å². The average molecular weight is 552 g/mol. The SMILES string of the molecule is O=C(Nc1cnn(Cc2c(F)cc(F)c(F)c2F)c1)c1cc2nc(-c3ccc(F)cc3)cc(C(F)(F)F)n2n1. The minimum Gasteiger partial charge on any atom is -0.318 e. The Morgan fingerprint density at radius 2 is 1.64 bits per heavy atom. The molecular weight excluding hydrogens is 540 g/mol. The molecule has 0 unspecified atom stereocenters. The van der Waals surface area contributed by atoms with Crippen LogP contribution in [-0.4, -0.2) is 30.3 Å². The Labute approximate surface area is 212 Å². The smallest absolute Gasteiger partial charge is 0.318 e. The van der Waals surface area contributed by atoms with Crippen molar-refractivity contribution in [2.75, 3.05) is 5.32 Å². The first-order valence-corrected chi connectivity index (χ1v) is 10.8. The minimum absolute atomic E-state index is 0.0449. The first-order chi connectivity index (χ1) is 18.4. The van der Waals surface area contributed by atoms with Gasteiger partial charge in [0.1, 0.15) is 11.6 Å². The molecule has 200 valence electrons. The third-order valence-corrected chi connectivity index (χ3v) is 5.51. The summed E-state index contributed by atoms with van der Waals surface area (Å²) < 4.78 is 110. The number of amides is 1. The normalized spacial score (nSPS) is 11.8. The fraction of sp³-hybridized carbons (Fsp3) is 0.0833. The minimum atomic E-state index is -4.89. The van der Waals surface area contributed by atoms with Crippen molar-refractivity contribution in [1.29, 1.82) is 0 Å². The van der Waals surface area contributed by atoms with Gasteiger partial charge < -0.3 is 5.32 Å². The Bertz CT molecular complexity index is 1730. The zero-order valence-corrected chi connectivity index (χ0v) is 19.1. The highest BCUT2D eigenvalue weighted by atomic mass is 19.4. The molecule has 0 saturated carbocycles. The van der Waals surface area contributed by atoms with Gasteiger partial charge in [-0.05, 0) is 30.3 Å². The number of hydrogen-bond acceptors (Lipinski definition) is 4. The van der Waals surface area contributed by atoms with Gasteiger partial charge >= 0.3 is 6.18 Å². The summed E-state index contributed by atoms with van der Waals surface area (Å²) in [6, 6.07) is 6.47. The molecule has 2 aromatic carbocycles. The molecule has 0 spiro atoms. The second-order valence-electron chi connectivity index (χ2n) is 8.16. The van der Waals surface area contributed by atoms with E-state index in [0.717, 1.165) is 35.3 Å².